The largest absolute Gasteiger partial charge is 0.494 e. The minimum absolute atomic E-state index is 0.280. The molecule has 1 amide bonds. The average molecular weight is 414 g/mol. The number of benzene rings is 2. The number of rotatable bonds is 6. The van der Waals surface area contributed by atoms with Gasteiger partial charge in [0.2, 0.25) is 0 Å². The minimum atomic E-state index is -0.280. The number of H-pyrrole nitrogens is 1. The molecule has 0 aliphatic heterocycles. The molecular formula is C26H27N3O2. The Bertz CT molecular complexity index is 1290. The van der Waals surface area contributed by atoms with Crippen LogP contribution in [0.4, 0.5) is 5.69 Å². The first-order valence-corrected chi connectivity index (χ1v) is 10.7. The van der Waals surface area contributed by atoms with Crippen LogP contribution in [0.5, 0.6) is 5.75 Å². The molecule has 1 heterocycles. The van der Waals surface area contributed by atoms with E-state index in [1.54, 1.807) is 24.3 Å². The van der Waals surface area contributed by atoms with Crippen molar-refractivity contribution in [1.29, 1.82) is 0 Å². The number of carbonyl (C=O) groups excluding carboxylic acids is 1. The maximum Gasteiger partial charge on any atom is 0.277 e. The van der Waals surface area contributed by atoms with E-state index in [1.165, 1.54) is 0 Å². The second-order valence-electron chi connectivity index (χ2n) is 7.60. The third-order valence-electron chi connectivity index (χ3n) is 5.38. The lowest BCUT2D eigenvalue weighted by atomic mass is 10.1. The normalized spacial score (nSPS) is 12.8. The van der Waals surface area contributed by atoms with Gasteiger partial charge in [0.1, 0.15) is 5.75 Å². The summed E-state index contributed by atoms with van der Waals surface area (Å²) >= 11 is 0. The van der Waals surface area contributed by atoms with Gasteiger partial charge in [-0.05, 0) is 62.7 Å². The van der Waals surface area contributed by atoms with E-state index in [4.69, 9.17) is 4.74 Å². The van der Waals surface area contributed by atoms with Gasteiger partial charge in [-0.15, -0.1) is 0 Å². The third-order valence-corrected chi connectivity index (χ3v) is 5.38. The molecule has 0 radical (unpaired) electrons. The van der Waals surface area contributed by atoms with E-state index in [-0.39, 0.29) is 5.91 Å². The van der Waals surface area contributed by atoms with E-state index in [9.17, 15) is 4.79 Å². The Morgan fingerprint density at radius 2 is 1.77 bits per heavy atom. The third kappa shape index (κ3) is 4.45. The number of nitrogens with one attached hydrogen (secondary N) is 2. The molecule has 3 aromatic carbocycles. The van der Waals surface area contributed by atoms with Crippen molar-refractivity contribution in [3.63, 3.8) is 0 Å². The summed E-state index contributed by atoms with van der Waals surface area (Å²) in [6, 6.07) is 21.5. The summed E-state index contributed by atoms with van der Waals surface area (Å²) in [5.41, 5.74) is 3.61. The van der Waals surface area contributed by atoms with Crippen molar-refractivity contribution in [2.24, 2.45) is 4.99 Å². The number of nitrogens with zero attached hydrogens (tertiary/aromatic N) is 1. The van der Waals surface area contributed by atoms with Crippen LogP contribution in [-0.4, -0.2) is 23.5 Å². The number of ether oxygens (including phenoxy) is 1. The van der Waals surface area contributed by atoms with Crippen molar-refractivity contribution in [2.75, 3.05) is 11.9 Å². The van der Waals surface area contributed by atoms with Crippen LogP contribution in [0.25, 0.3) is 21.8 Å². The Labute approximate surface area is 181 Å². The average Bonchev–Trinajstić information content (AvgIpc) is 3.00. The van der Waals surface area contributed by atoms with Crippen LogP contribution in [0, 0.1) is 0 Å². The van der Waals surface area contributed by atoms with Gasteiger partial charge in [-0.3, -0.25) is 4.79 Å². The van der Waals surface area contributed by atoms with Crippen LogP contribution in [0.1, 0.15) is 37.6 Å². The molecule has 31 heavy (non-hydrogen) atoms. The van der Waals surface area contributed by atoms with Gasteiger partial charge < -0.3 is 15.0 Å². The zero-order chi connectivity index (χ0) is 21.8. The molecule has 0 fully saturated rings. The lowest BCUT2D eigenvalue weighted by molar-refractivity contribution is 0.0998. The fourth-order valence-corrected chi connectivity index (χ4v) is 3.59. The topological polar surface area (TPSA) is 66.5 Å². The predicted molar refractivity (Wildman–Crippen MR) is 127 cm³/mol. The summed E-state index contributed by atoms with van der Waals surface area (Å²) in [7, 11) is 0. The fourth-order valence-electron chi connectivity index (χ4n) is 3.59. The fraction of sp³-hybridized carbons (Fsp3) is 0.231. The van der Waals surface area contributed by atoms with Gasteiger partial charge in [0, 0.05) is 27.9 Å². The van der Waals surface area contributed by atoms with Crippen molar-refractivity contribution in [2.45, 2.75) is 33.2 Å². The van der Waals surface area contributed by atoms with Gasteiger partial charge in [0.05, 0.1) is 23.2 Å². The SMILES string of the molecule is CCOc1ccc(C(=O)N=c2cccc3c(c2)[nH]c2c(NC(C)CC)cccc23)cc1. The summed E-state index contributed by atoms with van der Waals surface area (Å²) in [5.74, 6) is 0.462. The number of aromatic nitrogens is 1. The Hall–Kier alpha value is -3.60. The number of fused-ring (bicyclic) bond motifs is 3. The molecule has 158 valence electrons. The van der Waals surface area contributed by atoms with E-state index in [1.807, 2.05) is 25.1 Å². The molecule has 1 aromatic heterocycles. The van der Waals surface area contributed by atoms with Crippen molar-refractivity contribution in [1.82, 2.24) is 4.98 Å². The predicted octanol–water partition coefficient (Wildman–Crippen LogP) is 5.67. The molecule has 4 rings (SSSR count). The maximum atomic E-state index is 12.7. The first kappa shape index (κ1) is 20.7. The maximum absolute atomic E-state index is 12.7. The lowest BCUT2D eigenvalue weighted by Crippen LogP contribution is -2.13. The van der Waals surface area contributed by atoms with E-state index in [0.717, 1.165) is 39.7 Å². The smallest absolute Gasteiger partial charge is 0.277 e. The number of anilines is 1. The van der Waals surface area contributed by atoms with Crippen LogP contribution in [-0.2, 0) is 0 Å². The second kappa shape index (κ2) is 9.04. The van der Waals surface area contributed by atoms with E-state index in [2.05, 4.69) is 53.4 Å². The highest BCUT2D eigenvalue weighted by molar-refractivity contribution is 6.10. The number of aromatic amines is 1. The van der Waals surface area contributed by atoms with Gasteiger partial charge in [0.15, 0.2) is 0 Å². The van der Waals surface area contributed by atoms with Crippen molar-refractivity contribution in [3.8, 4) is 5.75 Å². The number of carbonyl (C=O) groups is 1. The van der Waals surface area contributed by atoms with Gasteiger partial charge in [0.25, 0.3) is 5.91 Å². The monoisotopic (exact) mass is 413 g/mol. The Morgan fingerprint density at radius 3 is 2.52 bits per heavy atom. The Morgan fingerprint density at radius 1 is 1.03 bits per heavy atom. The van der Waals surface area contributed by atoms with E-state index >= 15 is 0 Å². The van der Waals surface area contributed by atoms with E-state index < -0.39 is 0 Å². The zero-order valence-electron chi connectivity index (χ0n) is 18.1. The van der Waals surface area contributed by atoms with Crippen LogP contribution < -0.4 is 15.4 Å². The highest BCUT2D eigenvalue weighted by Gasteiger charge is 2.09. The van der Waals surface area contributed by atoms with Gasteiger partial charge in [-0.2, -0.15) is 0 Å². The highest BCUT2D eigenvalue weighted by atomic mass is 16.5. The van der Waals surface area contributed by atoms with Gasteiger partial charge >= 0.3 is 0 Å². The first-order chi connectivity index (χ1) is 15.1. The van der Waals surface area contributed by atoms with Crippen LogP contribution in [0.15, 0.2) is 71.7 Å². The molecule has 5 heteroatoms. The Balaban J connectivity index is 1.74. The van der Waals surface area contributed by atoms with Gasteiger partial charge in [-0.25, -0.2) is 4.99 Å². The van der Waals surface area contributed by atoms with Crippen molar-refractivity contribution < 1.29 is 9.53 Å². The zero-order valence-corrected chi connectivity index (χ0v) is 18.1. The number of amides is 1. The molecule has 4 aromatic rings. The summed E-state index contributed by atoms with van der Waals surface area (Å²) in [6.45, 7) is 6.86. The number of hydrogen-bond acceptors (Lipinski definition) is 3. The molecule has 0 saturated carbocycles. The number of para-hydroxylation sites is 1. The van der Waals surface area contributed by atoms with Crippen molar-refractivity contribution in [3.05, 3.63) is 77.7 Å². The lowest BCUT2D eigenvalue weighted by Gasteiger charge is -2.13. The second-order valence-corrected chi connectivity index (χ2v) is 7.60. The molecule has 0 saturated heterocycles. The van der Waals surface area contributed by atoms with Crippen molar-refractivity contribution >= 4 is 33.4 Å². The molecule has 0 spiro atoms. The van der Waals surface area contributed by atoms with Gasteiger partial charge in [-0.1, -0.05) is 31.2 Å². The summed E-state index contributed by atoms with van der Waals surface area (Å²) in [5, 5.41) is 6.41. The minimum Gasteiger partial charge on any atom is -0.494 e. The highest BCUT2D eigenvalue weighted by Crippen LogP contribution is 2.29. The summed E-state index contributed by atoms with van der Waals surface area (Å²) < 4.78 is 5.44. The quantitative estimate of drug-likeness (QED) is 0.428. The standard InChI is InChI=1S/C26H27N3O2/c1-4-17(3)27-23-11-7-10-22-21-9-6-8-19(16-24(21)29-25(22)23)28-26(30)18-12-14-20(15-13-18)31-5-2/h6-17,27,29H,4-5H2,1-3H3. The first-order valence-electron chi connectivity index (χ1n) is 10.7. The van der Waals surface area contributed by atoms with E-state index in [0.29, 0.717) is 23.6 Å². The molecule has 5 nitrogen and oxygen atoms in total. The molecule has 0 bridgehead atoms. The van der Waals surface area contributed by atoms with Crippen LogP contribution in [0.2, 0.25) is 0 Å². The summed E-state index contributed by atoms with van der Waals surface area (Å²) in [6.07, 6.45) is 1.04. The molecule has 0 aliphatic carbocycles. The molecular weight excluding hydrogens is 386 g/mol. The molecule has 2 N–H and O–H groups in total. The molecule has 1 atom stereocenters. The molecule has 1 unspecified atom stereocenters. The Kier molecular flexibility index (Phi) is 6.03. The number of hydrogen-bond donors (Lipinski definition) is 2. The summed E-state index contributed by atoms with van der Waals surface area (Å²) in [4.78, 5) is 20.5. The van der Waals surface area contributed by atoms with Crippen LogP contribution >= 0.6 is 0 Å². The van der Waals surface area contributed by atoms with Crippen LogP contribution in [0.3, 0.4) is 0 Å². The molecule has 0 aliphatic rings.